The average molecular weight is 301 g/mol. The van der Waals surface area contributed by atoms with Crippen LogP contribution in [0, 0.1) is 0 Å². The summed E-state index contributed by atoms with van der Waals surface area (Å²) in [4.78, 5) is 11.5. The fraction of sp³-hybridized carbons (Fsp3) is 0.533. The normalized spacial score (nSPS) is 9.85. The van der Waals surface area contributed by atoms with Gasteiger partial charge in [-0.25, -0.2) is 0 Å². The van der Waals surface area contributed by atoms with Gasteiger partial charge in [0.2, 0.25) is 5.91 Å². The number of halogens is 1. The lowest BCUT2D eigenvalue weighted by molar-refractivity contribution is -0.122. The Hall–Kier alpha value is -1.10. The van der Waals surface area contributed by atoms with E-state index in [4.69, 9.17) is 4.74 Å². The molecular weight excluding hydrogens is 276 g/mol. The quantitative estimate of drug-likeness (QED) is 0.651. The van der Waals surface area contributed by atoms with Crippen molar-refractivity contribution in [1.82, 2.24) is 10.6 Å². The molecule has 0 aliphatic carbocycles. The van der Waals surface area contributed by atoms with Crippen LogP contribution < -0.4 is 10.6 Å². The fourth-order valence-corrected chi connectivity index (χ4v) is 1.61. The van der Waals surface area contributed by atoms with E-state index in [1.54, 1.807) is 0 Å². The van der Waals surface area contributed by atoms with Crippen LogP contribution in [0.2, 0.25) is 0 Å². The maximum absolute atomic E-state index is 11.5. The molecule has 0 saturated heterocycles. The molecule has 20 heavy (non-hydrogen) atoms. The molecular formula is C15H25ClN2O2. The zero-order valence-corrected chi connectivity index (χ0v) is 12.9. The summed E-state index contributed by atoms with van der Waals surface area (Å²) in [7, 11) is 0. The highest BCUT2D eigenvalue weighted by atomic mass is 35.5. The Kier molecular flexibility index (Phi) is 12.2. The first kappa shape index (κ1) is 18.9. The fourth-order valence-electron chi connectivity index (χ4n) is 1.61. The van der Waals surface area contributed by atoms with Crippen molar-refractivity contribution in [3.8, 4) is 0 Å². The topological polar surface area (TPSA) is 50.4 Å². The van der Waals surface area contributed by atoms with E-state index >= 15 is 0 Å². The van der Waals surface area contributed by atoms with Gasteiger partial charge in [-0.2, -0.15) is 0 Å². The van der Waals surface area contributed by atoms with Crippen LogP contribution in [-0.4, -0.2) is 32.1 Å². The highest BCUT2D eigenvalue weighted by Crippen LogP contribution is 2.00. The van der Waals surface area contributed by atoms with Crippen LogP contribution in [0.3, 0.4) is 0 Å². The maximum atomic E-state index is 11.5. The molecule has 1 rings (SSSR count). The highest BCUT2D eigenvalue weighted by molar-refractivity contribution is 5.85. The van der Waals surface area contributed by atoms with E-state index in [0.29, 0.717) is 26.2 Å². The molecule has 0 saturated carbocycles. The molecule has 0 atom stereocenters. The minimum absolute atomic E-state index is 0. The summed E-state index contributed by atoms with van der Waals surface area (Å²) in [6.45, 7) is 5.64. The molecule has 0 aromatic heterocycles. The highest BCUT2D eigenvalue weighted by Gasteiger charge is 2.00. The molecule has 1 aromatic rings. The third kappa shape index (κ3) is 9.78. The second kappa shape index (κ2) is 12.9. The Morgan fingerprint density at radius 1 is 1.15 bits per heavy atom. The predicted octanol–water partition coefficient (Wildman–Crippen LogP) is 2.13. The van der Waals surface area contributed by atoms with Gasteiger partial charge in [-0.3, -0.25) is 4.79 Å². The summed E-state index contributed by atoms with van der Waals surface area (Å²) < 4.78 is 5.46. The van der Waals surface area contributed by atoms with Crippen molar-refractivity contribution in [2.24, 2.45) is 0 Å². The number of ether oxygens (including phenoxy) is 1. The zero-order chi connectivity index (χ0) is 13.8. The Balaban J connectivity index is 0.00000361. The van der Waals surface area contributed by atoms with Crippen molar-refractivity contribution in [2.75, 3.05) is 26.2 Å². The Morgan fingerprint density at radius 2 is 1.90 bits per heavy atom. The molecule has 114 valence electrons. The monoisotopic (exact) mass is 300 g/mol. The lowest BCUT2D eigenvalue weighted by Crippen LogP contribution is -2.32. The predicted molar refractivity (Wildman–Crippen MR) is 84.1 cm³/mol. The van der Waals surface area contributed by atoms with Gasteiger partial charge in [-0.1, -0.05) is 37.3 Å². The molecule has 5 heteroatoms. The molecule has 2 N–H and O–H groups in total. The van der Waals surface area contributed by atoms with Crippen molar-refractivity contribution in [3.05, 3.63) is 35.9 Å². The molecule has 4 nitrogen and oxygen atoms in total. The van der Waals surface area contributed by atoms with Crippen molar-refractivity contribution in [1.29, 1.82) is 0 Å². The molecule has 0 aliphatic rings. The molecule has 0 heterocycles. The smallest absolute Gasteiger partial charge is 0.222 e. The van der Waals surface area contributed by atoms with Crippen LogP contribution in [-0.2, 0) is 16.1 Å². The number of amides is 1. The van der Waals surface area contributed by atoms with Crippen LogP contribution in [0.15, 0.2) is 30.3 Å². The second-order valence-electron chi connectivity index (χ2n) is 4.39. The maximum Gasteiger partial charge on any atom is 0.222 e. The summed E-state index contributed by atoms with van der Waals surface area (Å²) in [5.74, 6) is 0.0476. The summed E-state index contributed by atoms with van der Waals surface area (Å²) in [5, 5.41) is 6.09. The Labute approximate surface area is 127 Å². The van der Waals surface area contributed by atoms with Gasteiger partial charge >= 0.3 is 0 Å². The van der Waals surface area contributed by atoms with Gasteiger partial charge in [0.25, 0.3) is 0 Å². The average Bonchev–Trinajstić information content (AvgIpc) is 2.44. The first-order valence-electron chi connectivity index (χ1n) is 6.92. The third-order valence-electron chi connectivity index (χ3n) is 2.64. The molecule has 0 bridgehead atoms. The van der Waals surface area contributed by atoms with Gasteiger partial charge in [0, 0.05) is 19.5 Å². The van der Waals surface area contributed by atoms with Crippen LogP contribution >= 0.6 is 12.4 Å². The molecule has 0 spiro atoms. The number of hydrogen-bond acceptors (Lipinski definition) is 3. The molecule has 0 radical (unpaired) electrons. The van der Waals surface area contributed by atoms with E-state index in [1.807, 2.05) is 30.3 Å². The van der Waals surface area contributed by atoms with E-state index < -0.39 is 0 Å². The summed E-state index contributed by atoms with van der Waals surface area (Å²) in [6.07, 6.45) is 1.53. The first-order chi connectivity index (χ1) is 9.33. The van der Waals surface area contributed by atoms with E-state index in [0.717, 1.165) is 25.1 Å². The zero-order valence-electron chi connectivity index (χ0n) is 12.1. The van der Waals surface area contributed by atoms with Crippen molar-refractivity contribution < 1.29 is 9.53 Å². The number of nitrogens with one attached hydrogen (secondary N) is 2. The van der Waals surface area contributed by atoms with E-state index in [2.05, 4.69) is 17.6 Å². The van der Waals surface area contributed by atoms with E-state index in [1.165, 1.54) is 0 Å². The number of rotatable bonds is 10. The minimum atomic E-state index is 0. The van der Waals surface area contributed by atoms with Crippen LogP contribution in [0.5, 0.6) is 0 Å². The van der Waals surface area contributed by atoms with Crippen molar-refractivity contribution in [3.63, 3.8) is 0 Å². The summed E-state index contributed by atoms with van der Waals surface area (Å²) in [5.41, 5.74) is 1.13. The van der Waals surface area contributed by atoms with Crippen LogP contribution in [0.4, 0.5) is 0 Å². The van der Waals surface area contributed by atoms with Gasteiger partial charge in [-0.05, 0) is 18.5 Å². The number of carbonyl (C=O) groups is 1. The number of hydrogen-bond donors (Lipinski definition) is 2. The van der Waals surface area contributed by atoms with Gasteiger partial charge < -0.3 is 15.4 Å². The van der Waals surface area contributed by atoms with Gasteiger partial charge in [0.1, 0.15) is 0 Å². The largest absolute Gasteiger partial charge is 0.376 e. The lowest BCUT2D eigenvalue weighted by Gasteiger charge is -2.07. The number of carbonyl (C=O) groups excluding carboxylic acids is 1. The van der Waals surface area contributed by atoms with Gasteiger partial charge in [-0.15, -0.1) is 12.4 Å². The summed E-state index contributed by atoms with van der Waals surface area (Å²) in [6, 6.07) is 9.96. The van der Waals surface area contributed by atoms with Crippen molar-refractivity contribution >= 4 is 18.3 Å². The SMILES string of the molecule is CCCNCCNC(=O)CCOCc1ccccc1.Cl. The molecule has 1 aromatic carbocycles. The van der Waals surface area contributed by atoms with Gasteiger partial charge in [0.15, 0.2) is 0 Å². The standard InChI is InChI=1S/C15H24N2O2.ClH/c1-2-9-16-10-11-17-15(18)8-12-19-13-14-6-4-3-5-7-14;/h3-7,16H,2,8-13H2,1H3,(H,17,18);1H. The lowest BCUT2D eigenvalue weighted by atomic mass is 10.2. The number of benzene rings is 1. The summed E-state index contributed by atoms with van der Waals surface area (Å²) >= 11 is 0. The first-order valence-corrected chi connectivity index (χ1v) is 6.92. The minimum Gasteiger partial charge on any atom is -0.376 e. The second-order valence-corrected chi connectivity index (χ2v) is 4.39. The van der Waals surface area contributed by atoms with Crippen LogP contribution in [0.25, 0.3) is 0 Å². The van der Waals surface area contributed by atoms with Crippen molar-refractivity contribution in [2.45, 2.75) is 26.4 Å². The van der Waals surface area contributed by atoms with E-state index in [9.17, 15) is 4.79 Å². The van der Waals surface area contributed by atoms with Crippen LogP contribution in [0.1, 0.15) is 25.3 Å². The molecule has 0 aliphatic heterocycles. The molecule has 0 unspecified atom stereocenters. The molecule has 0 fully saturated rings. The Morgan fingerprint density at radius 3 is 2.60 bits per heavy atom. The Bertz CT molecular complexity index is 347. The van der Waals surface area contributed by atoms with Gasteiger partial charge in [0.05, 0.1) is 13.2 Å². The molecule has 1 amide bonds. The third-order valence-corrected chi connectivity index (χ3v) is 2.64. The van der Waals surface area contributed by atoms with E-state index in [-0.39, 0.29) is 18.3 Å².